The lowest BCUT2D eigenvalue weighted by atomic mass is 9.98. The number of hydrazine groups is 1. The summed E-state index contributed by atoms with van der Waals surface area (Å²) in [6.45, 7) is 10.3. The number of imide groups is 1. The first-order valence-corrected chi connectivity index (χ1v) is 18.0. The first kappa shape index (κ1) is 35.2. The summed E-state index contributed by atoms with van der Waals surface area (Å²) in [6.07, 6.45) is 21.8. The molecule has 7 nitrogen and oxygen atoms in total. The van der Waals surface area contributed by atoms with E-state index in [-0.39, 0.29) is 17.7 Å². The second-order valence-electron chi connectivity index (χ2n) is 10.7. The lowest BCUT2D eigenvalue weighted by Gasteiger charge is -2.28. The molecule has 0 saturated carbocycles. The van der Waals surface area contributed by atoms with E-state index in [9.17, 15) is 9.59 Å². The van der Waals surface area contributed by atoms with Crippen molar-refractivity contribution in [2.24, 2.45) is 5.92 Å². The summed E-state index contributed by atoms with van der Waals surface area (Å²) in [5.41, 5.74) is 3.05. The zero-order valence-corrected chi connectivity index (χ0v) is 26.3. The third-order valence-corrected chi connectivity index (χ3v) is 10.6. The van der Waals surface area contributed by atoms with Crippen LogP contribution in [0.5, 0.6) is 0 Å². The molecule has 38 heavy (non-hydrogen) atoms. The van der Waals surface area contributed by atoms with Gasteiger partial charge in [-0.05, 0) is 33.6 Å². The fourth-order valence-corrected chi connectivity index (χ4v) is 7.96. The highest BCUT2D eigenvalue weighted by atomic mass is 28.4. The van der Waals surface area contributed by atoms with Crippen LogP contribution in [-0.4, -0.2) is 52.0 Å². The van der Waals surface area contributed by atoms with Gasteiger partial charge in [0.15, 0.2) is 0 Å². The Labute approximate surface area is 235 Å². The van der Waals surface area contributed by atoms with Gasteiger partial charge in [0.2, 0.25) is 11.8 Å². The third kappa shape index (κ3) is 15.1. The molecule has 0 aromatic rings. The van der Waals surface area contributed by atoms with Crippen LogP contribution in [0.15, 0.2) is 0 Å². The predicted molar refractivity (Wildman–Crippen MR) is 158 cm³/mol. The fourth-order valence-electron chi connectivity index (χ4n) is 5.35. The van der Waals surface area contributed by atoms with E-state index in [2.05, 4.69) is 12.3 Å². The van der Waals surface area contributed by atoms with Crippen LogP contribution in [0.25, 0.3) is 0 Å². The predicted octanol–water partition coefficient (Wildman–Crippen LogP) is 7.57. The van der Waals surface area contributed by atoms with E-state index < -0.39 is 8.80 Å². The highest BCUT2D eigenvalue weighted by Gasteiger charge is 2.41. The number of amides is 2. The highest BCUT2D eigenvalue weighted by Crippen LogP contribution is 2.24. The van der Waals surface area contributed by atoms with Gasteiger partial charge in [-0.25, -0.2) is 10.4 Å². The molecule has 0 aliphatic carbocycles. The molecule has 1 saturated heterocycles. The smallest absolute Gasteiger partial charge is 0.374 e. The third-order valence-electron chi connectivity index (χ3n) is 7.42. The van der Waals surface area contributed by atoms with E-state index in [1.54, 1.807) is 0 Å². The summed E-state index contributed by atoms with van der Waals surface area (Å²) in [6, 6.07) is 0.661. The van der Waals surface area contributed by atoms with Gasteiger partial charge in [0.05, 0.1) is 0 Å². The zero-order valence-electron chi connectivity index (χ0n) is 25.3. The Morgan fingerprint density at radius 2 is 1.13 bits per heavy atom. The molecule has 1 heterocycles. The largest absolute Gasteiger partial charge is 0.500 e. The van der Waals surface area contributed by atoms with Crippen LogP contribution in [0.4, 0.5) is 0 Å². The van der Waals surface area contributed by atoms with Crippen molar-refractivity contribution in [1.82, 2.24) is 10.4 Å². The molecular weight excluding hydrogens is 496 g/mol. The minimum atomic E-state index is -2.70. The minimum absolute atomic E-state index is 0.0664. The van der Waals surface area contributed by atoms with Crippen LogP contribution in [0.1, 0.15) is 143 Å². The number of nitrogens with one attached hydrogen (secondary N) is 1. The van der Waals surface area contributed by atoms with Gasteiger partial charge >= 0.3 is 8.80 Å². The van der Waals surface area contributed by atoms with Gasteiger partial charge in [-0.2, -0.15) is 0 Å². The Morgan fingerprint density at radius 1 is 0.684 bits per heavy atom. The fraction of sp³-hybridized carbons (Fsp3) is 0.933. The number of hydrogen-bond acceptors (Lipinski definition) is 6. The van der Waals surface area contributed by atoms with Crippen molar-refractivity contribution >= 4 is 20.6 Å². The molecule has 0 spiro atoms. The van der Waals surface area contributed by atoms with Gasteiger partial charge in [-0.3, -0.25) is 9.59 Å². The Kier molecular flexibility index (Phi) is 21.3. The molecule has 1 aliphatic rings. The zero-order chi connectivity index (χ0) is 27.9. The molecule has 1 rings (SSSR count). The van der Waals surface area contributed by atoms with Crippen molar-refractivity contribution in [3.63, 3.8) is 0 Å². The van der Waals surface area contributed by atoms with Crippen LogP contribution >= 0.6 is 0 Å². The number of nitrogens with zero attached hydrogens (tertiary/aromatic N) is 1. The molecule has 0 bridgehead atoms. The summed E-state index contributed by atoms with van der Waals surface area (Å²) < 4.78 is 17.6. The van der Waals surface area contributed by atoms with Crippen LogP contribution < -0.4 is 5.43 Å². The van der Waals surface area contributed by atoms with Crippen molar-refractivity contribution in [3.8, 4) is 0 Å². The lowest BCUT2D eigenvalue weighted by molar-refractivity contribution is -0.143. The van der Waals surface area contributed by atoms with Gasteiger partial charge < -0.3 is 13.3 Å². The second kappa shape index (κ2) is 23.0. The SMILES string of the molecule is CCCCCCCCCCCCCCCCCC1CC(=O)N(NCCC[Si](OCC)(OCC)OCC)C1=O. The molecule has 1 unspecified atom stereocenters. The normalized spacial score (nSPS) is 16.2. The van der Waals surface area contributed by atoms with E-state index >= 15 is 0 Å². The molecule has 0 radical (unpaired) electrons. The lowest BCUT2D eigenvalue weighted by Crippen LogP contribution is -2.47. The molecule has 1 aliphatic heterocycles. The first-order chi connectivity index (χ1) is 18.5. The van der Waals surface area contributed by atoms with E-state index in [1.807, 2.05) is 20.8 Å². The summed E-state index contributed by atoms with van der Waals surface area (Å²) in [5, 5.41) is 1.25. The van der Waals surface area contributed by atoms with Crippen molar-refractivity contribution in [3.05, 3.63) is 0 Å². The summed E-state index contributed by atoms with van der Waals surface area (Å²) in [4.78, 5) is 25.2. The van der Waals surface area contributed by atoms with Crippen LogP contribution in [0.3, 0.4) is 0 Å². The number of carbonyl (C=O) groups is 2. The Bertz CT molecular complexity index is 590. The maximum Gasteiger partial charge on any atom is 0.500 e. The molecule has 0 aromatic heterocycles. The van der Waals surface area contributed by atoms with Gasteiger partial charge in [0.1, 0.15) is 0 Å². The van der Waals surface area contributed by atoms with Crippen LogP contribution in [0, 0.1) is 5.92 Å². The average Bonchev–Trinajstić information content (AvgIpc) is 3.16. The molecule has 8 heteroatoms. The van der Waals surface area contributed by atoms with Crippen LogP contribution in [0.2, 0.25) is 6.04 Å². The van der Waals surface area contributed by atoms with Crippen molar-refractivity contribution in [2.45, 2.75) is 149 Å². The maximum absolute atomic E-state index is 12.8. The van der Waals surface area contributed by atoms with E-state index in [1.165, 1.54) is 88.5 Å². The van der Waals surface area contributed by atoms with E-state index in [4.69, 9.17) is 13.3 Å². The molecule has 0 aromatic carbocycles. The van der Waals surface area contributed by atoms with Gasteiger partial charge in [0.25, 0.3) is 0 Å². The number of unbranched alkanes of at least 4 members (excludes halogenated alkanes) is 14. The van der Waals surface area contributed by atoms with Gasteiger partial charge in [-0.1, -0.05) is 103 Å². The summed E-state index contributed by atoms with van der Waals surface area (Å²) in [5.74, 6) is -0.340. The first-order valence-electron chi connectivity index (χ1n) is 16.1. The highest BCUT2D eigenvalue weighted by molar-refractivity contribution is 6.60. The van der Waals surface area contributed by atoms with Crippen molar-refractivity contribution in [1.29, 1.82) is 0 Å². The maximum atomic E-state index is 12.8. The standard InChI is InChI=1S/C30H60N2O5Si/c1-5-9-10-11-12-13-14-15-16-17-18-19-20-21-22-24-28-27-29(33)32(30(28)34)31-25-23-26-38(35-6-2,36-7-3)37-8-4/h28,31H,5-27H2,1-4H3. The monoisotopic (exact) mass is 556 g/mol. The topological polar surface area (TPSA) is 77.1 Å². The second-order valence-corrected chi connectivity index (χ2v) is 13.4. The van der Waals surface area contributed by atoms with Gasteiger partial charge in [0, 0.05) is 44.7 Å². The van der Waals surface area contributed by atoms with E-state index in [0.29, 0.717) is 45.3 Å². The molecule has 224 valence electrons. The van der Waals surface area contributed by atoms with Crippen molar-refractivity contribution in [2.75, 3.05) is 26.4 Å². The minimum Gasteiger partial charge on any atom is -0.374 e. The van der Waals surface area contributed by atoms with Crippen molar-refractivity contribution < 1.29 is 22.9 Å². The van der Waals surface area contributed by atoms with Gasteiger partial charge in [-0.15, -0.1) is 0 Å². The molecule has 1 N–H and O–H groups in total. The molecule has 1 atom stereocenters. The Balaban J connectivity index is 2.10. The molecule has 2 amide bonds. The molecule has 1 fully saturated rings. The average molecular weight is 557 g/mol. The quantitative estimate of drug-likeness (QED) is 0.0639. The van der Waals surface area contributed by atoms with Crippen LogP contribution in [-0.2, 0) is 22.9 Å². The number of carbonyl (C=O) groups excluding carboxylic acids is 2. The Hall–Kier alpha value is -0.803. The number of hydrogen-bond donors (Lipinski definition) is 1. The Morgan fingerprint density at radius 3 is 1.58 bits per heavy atom. The van der Waals surface area contributed by atoms with E-state index in [0.717, 1.165) is 19.3 Å². The number of rotatable bonds is 27. The molecular formula is C30H60N2O5Si. The summed E-state index contributed by atoms with van der Waals surface area (Å²) >= 11 is 0. The summed E-state index contributed by atoms with van der Waals surface area (Å²) in [7, 11) is -2.70.